The molecule has 1 amide bonds. The van der Waals surface area contributed by atoms with Crippen molar-refractivity contribution in [3.05, 3.63) is 52.2 Å². The third kappa shape index (κ3) is 4.36. The van der Waals surface area contributed by atoms with Crippen LogP contribution in [0.1, 0.15) is 24.0 Å². The maximum absolute atomic E-state index is 13.0. The highest BCUT2D eigenvalue weighted by Gasteiger charge is 2.34. The Hall–Kier alpha value is -1.86. The zero-order valence-corrected chi connectivity index (χ0v) is 13.7. The number of alkyl halides is 3. The molecule has 1 aliphatic carbocycles. The number of carbonyl (C=O) groups is 1. The lowest BCUT2D eigenvalue weighted by Crippen LogP contribution is -2.34. The number of nitrogens with one attached hydrogen (secondary N) is 1. The third-order valence-corrected chi connectivity index (χ3v) is 4.61. The molecule has 1 aliphatic rings. The molecule has 0 bridgehead atoms. The number of hydrogen-bond acceptors (Lipinski definition) is 3. The van der Waals surface area contributed by atoms with Crippen molar-refractivity contribution >= 4 is 22.9 Å². The van der Waals surface area contributed by atoms with Crippen molar-refractivity contribution < 1.29 is 18.0 Å². The van der Waals surface area contributed by atoms with Gasteiger partial charge in [0, 0.05) is 12.6 Å². The van der Waals surface area contributed by atoms with Crippen LogP contribution in [-0.2, 0) is 17.5 Å². The van der Waals surface area contributed by atoms with Crippen LogP contribution in [0.25, 0.3) is 0 Å². The summed E-state index contributed by atoms with van der Waals surface area (Å²) >= 11 is 1.59. The van der Waals surface area contributed by atoms with E-state index in [2.05, 4.69) is 5.32 Å². The fourth-order valence-corrected chi connectivity index (χ4v) is 3.24. The molecule has 0 atom stereocenters. The van der Waals surface area contributed by atoms with E-state index >= 15 is 0 Å². The number of halogens is 3. The van der Waals surface area contributed by atoms with Crippen molar-refractivity contribution in [3.8, 4) is 0 Å². The average Bonchev–Trinajstić information content (AvgIpc) is 3.24. The van der Waals surface area contributed by atoms with Gasteiger partial charge in [-0.3, -0.25) is 9.69 Å². The lowest BCUT2D eigenvalue weighted by atomic mass is 10.1. The first-order chi connectivity index (χ1) is 11.4. The monoisotopic (exact) mass is 354 g/mol. The van der Waals surface area contributed by atoms with Gasteiger partial charge in [0.15, 0.2) is 0 Å². The molecule has 1 N–H and O–H groups in total. The number of benzene rings is 1. The van der Waals surface area contributed by atoms with E-state index < -0.39 is 17.6 Å². The Labute approximate surface area is 142 Å². The summed E-state index contributed by atoms with van der Waals surface area (Å²) in [6.07, 6.45) is -2.44. The zero-order chi connectivity index (χ0) is 17.2. The fraction of sp³-hybridized carbons (Fsp3) is 0.353. The van der Waals surface area contributed by atoms with E-state index in [-0.39, 0.29) is 12.2 Å². The van der Waals surface area contributed by atoms with Crippen LogP contribution in [-0.4, -0.2) is 23.4 Å². The SMILES string of the molecule is O=C(CN(Cc1ccsc1)C1CC1)Nc1ccccc1C(F)(F)F. The molecule has 3 rings (SSSR count). The first-order valence-corrected chi connectivity index (χ1v) is 8.59. The Kier molecular flexibility index (Phi) is 4.91. The molecule has 1 fully saturated rings. The van der Waals surface area contributed by atoms with E-state index in [1.165, 1.54) is 18.2 Å². The summed E-state index contributed by atoms with van der Waals surface area (Å²) in [5.74, 6) is -0.422. The molecule has 7 heteroatoms. The number of anilines is 1. The van der Waals surface area contributed by atoms with Crippen LogP contribution >= 0.6 is 11.3 Å². The molecule has 3 nitrogen and oxygen atoms in total. The minimum atomic E-state index is -4.49. The molecular formula is C17H17F3N2OS. The third-order valence-electron chi connectivity index (χ3n) is 3.88. The van der Waals surface area contributed by atoms with E-state index in [1.54, 1.807) is 11.3 Å². The molecule has 1 aromatic carbocycles. The van der Waals surface area contributed by atoms with E-state index in [0.717, 1.165) is 24.5 Å². The Morgan fingerprint density at radius 3 is 2.62 bits per heavy atom. The Bertz CT molecular complexity index is 696. The number of hydrogen-bond donors (Lipinski definition) is 1. The van der Waals surface area contributed by atoms with Gasteiger partial charge in [0.2, 0.25) is 5.91 Å². The number of carbonyl (C=O) groups excluding carboxylic acids is 1. The van der Waals surface area contributed by atoms with Gasteiger partial charge >= 0.3 is 6.18 Å². The number of amides is 1. The molecule has 1 heterocycles. The lowest BCUT2D eigenvalue weighted by Gasteiger charge is -2.21. The van der Waals surface area contributed by atoms with Gasteiger partial charge in [-0.1, -0.05) is 12.1 Å². The Morgan fingerprint density at radius 1 is 1.25 bits per heavy atom. The summed E-state index contributed by atoms with van der Waals surface area (Å²) in [6.45, 7) is 0.731. The van der Waals surface area contributed by atoms with Gasteiger partial charge < -0.3 is 5.32 Å². The summed E-state index contributed by atoms with van der Waals surface area (Å²) in [5.41, 5.74) is 0.103. The summed E-state index contributed by atoms with van der Waals surface area (Å²) in [5, 5.41) is 6.40. The second-order valence-corrected chi connectivity index (χ2v) is 6.64. The average molecular weight is 354 g/mol. The van der Waals surface area contributed by atoms with Crippen molar-refractivity contribution in [2.45, 2.75) is 31.6 Å². The summed E-state index contributed by atoms with van der Waals surface area (Å²) in [6, 6.07) is 7.38. The van der Waals surface area contributed by atoms with Crippen LogP contribution in [0.2, 0.25) is 0 Å². The molecule has 128 valence electrons. The van der Waals surface area contributed by atoms with Crippen LogP contribution < -0.4 is 5.32 Å². The first-order valence-electron chi connectivity index (χ1n) is 7.64. The summed E-state index contributed by atoms with van der Waals surface area (Å²) < 4.78 is 39.0. The normalized spacial score (nSPS) is 14.8. The maximum atomic E-state index is 13.0. The van der Waals surface area contributed by atoms with E-state index in [0.29, 0.717) is 12.6 Å². The topological polar surface area (TPSA) is 32.3 Å². The van der Waals surface area contributed by atoms with Gasteiger partial charge in [-0.15, -0.1) is 0 Å². The molecule has 24 heavy (non-hydrogen) atoms. The number of rotatable bonds is 6. The molecular weight excluding hydrogens is 337 g/mol. The van der Waals surface area contributed by atoms with Crippen molar-refractivity contribution in [3.63, 3.8) is 0 Å². The van der Waals surface area contributed by atoms with Crippen LogP contribution in [0.3, 0.4) is 0 Å². The van der Waals surface area contributed by atoms with Crippen molar-refractivity contribution in [1.29, 1.82) is 0 Å². The molecule has 0 spiro atoms. The Balaban J connectivity index is 1.66. The predicted octanol–water partition coefficient (Wildman–Crippen LogP) is 4.37. The van der Waals surface area contributed by atoms with Crippen molar-refractivity contribution in [2.75, 3.05) is 11.9 Å². The Morgan fingerprint density at radius 2 is 2.00 bits per heavy atom. The number of nitrogens with zero attached hydrogens (tertiary/aromatic N) is 1. The van der Waals surface area contributed by atoms with Gasteiger partial charge in [-0.2, -0.15) is 24.5 Å². The highest BCUT2D eigenvalue weighted by Crippen LogP contribution is 2.34. The van der Waals surface area contributed by atoms with E-state index in [4.69, 9.17) is 0 Å². The second kappa shape index (κ2) is 6.94. The van der Waals surface area contributed by atoms with E-state index in [9.17, 15) is 18.0 Å². The van der Waals surface area contributed by atoms with Gasteiger partial charge in [0.1, 0.15) is 0 Å². The van der Waals surface area contributed by atoms with Crippen LogP contribution in [0.15, 0.2) is 41.1 Å². The summed E-state index contributed by atoms with van der Waals surface area (Å²) in [4.78, 5) is 14.3. The quantitative estimate of drug-likeness (QED) is 0.835. The van der Waals surface area contributed by atoms with Gasteiger partial charge in [0.05, 0.1) is 17.8 Å². The van der Waals surface area contributed by atoms with Gasteiger partial charge in [-0.25, -0.2) is 0 Å². The molecule has 1 saturated carbocycles. The van der Waals surface area contributed by atoms with Gasteiger partial charge in [0.25, 0.3) is 0 Å². The minimum Gasteiger partial charge on any atom is -0.324 e. The number of para-hydroxylation sites is 1. The van der Waals surface area contributed by atoms with Crippen molar-refractivity contribution in [2.24, 2.45) is 0 Å². The van der Waals surface area contributed by atoms with Crippen LogP contribution in [0.5, 0.6) is 0 Å². The lowest BCUT2D eigenvalue weighted by molar-refractivity contribution is -0.137. The molecule has 0 radical (unpaired) electrons. The highest BCUT2D eigenvalue weighted by molar-refractivity contribution is 7.07. The molecule has 0 saturated heterocycles. The van der Waals surface area contributed by atoms with Gasteiger partial charge in [-0.05, 0) is 47.4 Å². The number of thiophene rings is 1. The minimum absolute atomic E-state index is 0.0900. The largest absolute Gasteiger partial charge is 0.418 e. The molecule has 0 unspecified atom stereocenters. The highest BCUT2D eigenvalue weighted by atomic mass is 32.1. The fourth-order valence-electron chi connectivity index (χ4n) is 2.58. The van der Waals surface area contributed by atoms with Crippen molar-refractivity contribution in [1.82, 2.24) is 4.90 Å². The van der Waals surface area contributed by atoms with Crippen LogP contribution in [0.4, 0.5) is 18.9 Å². The molecule has 0 aliphatic heterocycles. The smallest absolute Gasteiger partial charge is 0.324 e. The predicted molar refractivity (Wildman–Crippen MR) is 87.8 cm³/mol. The maximum Gasteiger partial charge on any atom is 0.418 e. The zero-order valence-electron chi connectivity index (χ0n) is 12.8. The van der Waals surface area contributed by atoms with E-state index in [1.807, 2.05) is 21.7 Å². The first kappa shape index (κ1) is 17.0. The molecule has 1 aromatic heterocycles. The summed E-state index contributed by atoms with van der Waals surface area (Å²) in [7, 11) is 0. The second-order valence-electron chi connectivity index (χ2n) is 5.86. The molecule has 2 aromatic rings. The van der Waals surface area contributed by atoms with Crippen LogP contribution in [0, 0.1) is 0 Å². The standard InChI is InChI=1S/C17H17F3N2OS/c18-17(19,20)14-3-1-2-4-15(14)21-16(23)10-22(13-5-6-13)9-12-7-8-24-11-12/h1-4,7-8,11,13H,5-6,9-10H2,(H,21,23).